The van der Waals surface area contributed by atoms with Gasteiger partial charge < -0.3 is 15.4 Å². The number of para-hydroxylation sites is 1. The molecule has 3 rings (SSSR count). The molecule has 0 radical (unpaired) electrons. The molecule has 0 saturated heterocycles. The van der Waals surface area contributed by atoms with Gasteiger partial charge in [0.1, 0.15) is 10.8 Å². The van der Waals surface area contributed by atoms with Crippen molar-refractivity contribution in [2.24, 2.45) is 0 Å². The highest BCUT2D eigenvalue weighted by atomic mass is 35.5. The van der Waals surface area contributed by atoms with E-state index in [9.17, 15) is 9.18 Å². The Morgan fingerprint density at radius 1 is 1.31 bits per heavy atom. The first-order valence-electron chi connectivity index (χ1n) is 7.55. The summed E-state index contributed by atoms with van der Waals surface area (Å²) in [6.45, 7) is 0. The summed E-state index contributed by atoms with van der Waals surface area (Å²) in [5.41, 5.74) is 1.84. The van der Waals surface area contributed by atoms with Crippen LogP contribution in [0.25, 0.3) is 5.69 Å². The van der Waals surface area contributed by atoms with Gasteiger partial charge in [0, 0.05) is 13.2 Å². The van der Waals surface area contributed by atoms with Gasteiger partial charge in [0.15, 0.2) is 11.6 Å². The number of hydrogen-bond acceptors (Lipinski definition) is 5. The van der Waals surface area contributed by atoms with Gasteiger partial charge in [0.2, 0.25) is 0 Å². The molecule has 9 heteroatoms. The molecule has 0 bridgehead atoms. The van der Waals surface area contributed by atoms with Gasteiger partial charge in [0.05, 0.1) is 36.4 Å². The van der Waals surface area contributed by atoms with Crippen LogP contribution in [0.1, 0.15) is 10.4 Å². The van der Waals surface area contributed by atoms with E-state index >= 15 is 0 Å². The summed E-state index contributed by atoms with van der Waals surface area (Å²) in [5, 5.41) is 9.85. The second-order valence-corrected chi connectivity index (χ2v) is 5.61. The molecule has 0 spiro atoms. The smallest absolute Gasteiger partial charge is 0.254 e. The average Bonchev–Trinajstić information content (AvgIpc) is 3.07. The van der Waals surface area contributed by atoms with E-state index in [1.54, 1.807) is 18.2 Å². The zero-order valence-corrected chi connectivity index (χ0v) is 14.7. The van der Waals surface area contributed by atoms with Crippen molar-refractivity contribution in [2.75, 3.05) is 19.5 Å². The van der Waals surface area contributed by atoms with Crippen molar-refractivity contribution < 1.29 is 13.9 Å². The van der Waals surface area contributed by atoms with Gasteiger partial charge in [-0.25, -0.2) is 14.1 Å². The van der Waals surface area contributed by atoms with Crippen LogP contribution >= 0.6 is 11.6 Å². The van der Waals surface area contributed by atoms with Crippen molar-refractivity contribution in [1.82, 2.24) is 20.1 Å². The fourth-order valence-corrected chi connectivity index (χ4v) is 2.60. The first-order valence-corrected chi connectivity index (χ1v) is 7.93. The predicted octanol–water partition coefficient (Wildman–Crippen LogP) is 3.17. The monoisotopic (exact) mass is 375 g/mol. The zero-order valence-electron chi connectivity index (χ0n) is 14.0. The number of rotatable bonds is 5. The summed E-state index contributed by atoms with van der Waals surface area (Å²) in [5.74, 6) is -0.361. The maximum atomic E-state index is 13.3. The average molecular weight is 376 g/mol. The number of methoxy groups -OCH3 is 1. The predicted molar refractivity (Wildman–Crippen MR) is 96.0 cm³/mol. The summed E-state index contributed by atoms with van der Waals surface area (Å²) in [7, 11) is 3.01. The molecule has 0 saturated carbocycles. The Hall–Kier alpha value is -3.13. The van der Waals surface area contributed by atoms with Crippen LogP contribution in [0, 0.1) is 5.82 Å². The second kappa shape index (κ2) is 7.40. The lowest BCUT2D eigenvalue weighted by molar-refractivity contribution is 0.0963. The largest absolute Gasteiger partial charge is 0.492 e. The number of nitrogens with zero attached hydrogens (tertiary/aromatic N) is 3. The molecule has 3 aromatic rings. The molecule has 1 amide bonds. The van der Waals surface area contributed by atoms with Gasteiger partial charge >= 0.3 is 0 Å². The summed E-state index contributed by atoms with van der Waals surface area (Å²) in [4.78, 5) is 16.0. The number of ether oxygens (including phenoxy) is 1. The number of hydrogen-bond donors (Lipinski definition) is 2. The SMILES string of the molecule is CNC(=O)c1cnc(Cl)cc1Nc1cccc(-n2cc(F)cn2)c1OC. The molecule has 1 aromatic carbocycles. The second-order valence-electron chi connectivity index (χ2n) is 5.22. The third kappa shape index (κ3) is 3.45. The van der Waals surface area contributed by atoms with Crippen LogP contribution in [-0.4, -0.2) is 34.8 Å². The van der Waals surface area contributed by atoms with Gasteiger partial charge in [-0.1, -0.05) is 17.7 Å². The highest BCUT2D eigenvalue weighted by Crippen LogP contribution is 2.34. The van der Waals surface area contributed by atoms with E-state index in [1.807, 2.05) is 0 Å². The van der Waals surface area contributed by atoms with Crippen molar-refractivity contribution in [3.63, 3.8) is 0 Å². The van der Waals surface area contributed by atoms with Crippen LogP contribution in [-0.2, 0) is 0 Å². The van der Waals surface area contributed by atoms with E-state index in [2.05, 4.69) is 20.7 Å². The number of benzene rings is 1. The van der Waals surface area contributed by atoms with Crippen LogP contribution in [0.5, 0.6) is 5.75 Å². The van der Waals surface area contributed by atoms with Crippen molar-refractivity contribution in [3.8, 4) is 11.4 Å². The Kier molecular flexibility index (Phi) is 5.04. The summed E-state index contributed by atoms with van der Waals surface area (Å²) < 4.78 is 20.1. The van der Waals surface area contributed by atoms with Gasteiger partial charge in [-0.15, -0.1) is 0 Å². The van der Waals surface area contributed by atoms with Crippen LogP contribution in [0.4, 0.5) is 15.8 Å². The molecule has 7 nitrogen and oxygen atoms in total. The summed E-state index contributed by atoms with van der Waals surface area (Å²) >= 11 is 5.96. The molecule has 0 aliphatic heterocycles. The lowest BCUT2D eigenvalue weighted by atomic mass is 10.2. The van der Waals surface area contributed by atoms with E-state index in [4.69, 9.17) is 16.3 Å². The Labute approximate surface area is 153 Å². The Morgan fingerprint density at radius 3 is 2.77 bits per heavy atom. The molecule has 2 aromatic heterocycles. The van der Waals surface area contributed by atoms with Crippen molar-refractivity contribution in [2.45, 2.75) is 0 Å². The minimum Gasteiger partial charge on any atom is -0.492 e. The first kappa shape index (κ1) is 17.7. The minimum atomic E-state index is -0.465. The van der Waals surface area contributed by atoms with Crippen LogP contribution in [0.2, 0.25) is 5.15 Å². The minimum absolute atomic E-state index is 0.226. The van der Waals surface area contributed by atoms with E-state index < -0.39 is 5.82 Å². The van der Waals surface area contributed by atoms with Gasteiger partial charge in [-0.2, -0.15) is 5.10 Å². The molecule has 26 heavy (non-hydrogen) atoms. The number of halogens is 2. The zero-order chi connectivity index (χ0) is 18.7. The topological polar surface area (TPSA) is 81.1 Å². The lowest BCUT2D eigenvalue weighted by Crippen LogP contribution is -2.19. The van der Waals surface area contributed by atoms with Gasteiger partial charge in [0.25, 0.3) is 5.91 Å². The molecule has 0 atom stereocenters. The van der Waals surface area contributed by atoms with Gasteiger partial charge in [-0.3, -0.25) is 4.79 Å². The number of carbonyl (C=O) groups is 1. The quantitative estimate of drug-likeness (QED) is 0.669. The van der Waals surface area contributed by atoms with Crippen LogP contribution in [0.3, 0.4) is 0 Å². The maximum Gasteiger partial charge on any atom is 0.254 e. The third-order valence-electron chi connectivity index (χ3n) is 3.61. The Balaban J connectivity index is 2.06. The summed E-state index contributed by atoms with van der Waals surface area (Å²) in [6, 6.07) is 6.77. The highest BCUT2D eigenvalue weighted by molar-refractivity contribution is 6.29. The normalized spacial score (nSPS) is 10.5. The van der Waals surface area contributed by atoms with E-state index in [-0.39, 0.29) is 11.1 Å². The third-order valence-corrected chi connectivity index (χ3v) is 3.81. The highest BCUT2D eigenvalue weighted by Gasteiger charge is 2.16. The maximum absolute atomic E-state index is 13.3. The number of pyridine rings is 1. The first-order chi connectivity index (χ1) is 12.5. The van der Waals surface area contributed by atoms with Gasteiger partial charge in [-0.05, 0) is 18.2 Å². The Bertz CT molecular complexity index is 960. The summed E-state index contributed by atoms with van der Waals surface area (Å²) in [6.07, 6.45) is 3.72. The molecule has 2 N–H and O–H groups in total. The van der Waals surface area contributed by atoms with E-state index in [0.717, 1.165) is 6.20 Å². The molecule has 0 fully saturated rings. The fraction of sp³-hybridized carbons (Fsp3) is 0.118. The fourth-order valence-electron chi connectivity index (χ4n) is 2.44. The molecular weight excluding hydrogens is 361 g/mol. The Morgan fingerprint density at radius 2 is 2.12 bits per heavy atom. The molecular formula is C17H15ClFN5O2. The molecule has 134 valence electrons. The molecule has 0 aliphatic carbocycles. The number of carbonyl (C=O) groups excluding carboxylic acids is 1. The van der Waals surface area contributed by atoms with Crippen molar-refractivity contribution in [1.29, 1.82) is 0 Å². The number of nitrogens with one attached hydrogen (secondary N) is 2. The standard InChI is InChI=1S/C17H15ClFN5O2/c1-20-17(25)11-8-21-15(18)6-13(11)23-12-4-3-5-14(16(12)26-2)24-9-10(19)7-22-24/h3-9H,1-2H3,(H,20,25)(H,21,23). The number of amides is 1. The van der Waals surface area contributed by atoms with E-state index in [0.29, 0.717) is 28.4 Å². The van der Waals surface area contributed by atoms with Crippen molar-refractivity contribution >= 4 is 28.9 Å². The van der Waals surface area contributed by atoms with E-state index in [1.165, 1.54) is 37.3 Å². The molecule has 0 aliphatic rings. The number of aromatic nitrogens is 3. The van der Waals surface area contributed by atoms with Crippen molar-refractivity contribution in [3.05, 3.63) is 59.4 Å². The van der Waals surface area contributed by atoms with Crippen LogP contribution in [0.15, 0.2) is 42.9 Å². The molecule has 0 unspecified atom stereocenters. The number of anilines is 2. The van der Waals surface area contributed by atoms with Crippen LogP contribution < -0.4 is 15.4 Å². The lowest BCUT2D eigenvalue weighted by Gasteiger charge is -2.16. The molecule has 2 heterocycles.